The smallest absolute Gasteiger partial charge is 0.324 e. The van der Waals surface area contributed by atoms with Crippen LogP contribution in [0.2, 0.25) is 0 Å². The highest BCUT2D eigenvalue weighted by Crippen LogP contribution is 2.51. The average molecular weight is 432 g/mol. The van der Waals surface area contributed by atoms with Crippen LogP contribution >= 0.6 is 12.6 Å². The van der Waals surface area contributed by atoms with E-state index in [-0.39, 0.29) is 26.1 Å². The standard InChI is InChI=1S/C21H37NO6S/c1-6-26-17(24)21(18(25)27-7-2,20(29)12-9-8-10-13-20)14-11-15(22)16(23)28-19(3,4)5/h15,29H,6-14,22H2,1-5H3. The Balaban J connectivity index is 3.24. The van der Waals surface area contributed by atoms with E-state index in [2.05, 4.69) is 0 Å². The minimum atomic E-state index is -1.62. The summed E-state index contributed by atoms with van der Waals surface area (Å²) in [5, 5.41) is 0. The minimum Gasteiger partial charge on any atom is -0.465 e. The molecule has 29 heavy (non-hydrogen) atoms. The Hall–Kier alpha value is -1.28. The number of hydrogen-bond acceptors (Lipinski definition) is 8. The fourth-order valence-corrected chi connectivity index (χ4v) is 4.45. The maximum Gasteiger partial charge on any atom is 0.324 e. The van der Waals surface area contributed by atoms with Crippen molar-refractivity contribution >= 4 is 30.5 Å². The van der Waals surface area contributed by atoms with Gasteiger partial charge in [-0.3, -0.25) is 14.4 Å². The molecule has 1 rings (SSSR count). The van der Waals surface area contributed by atoms with E-state index >= 15 is 0 Å². The van der Waals surface area contributed by atoms with Crippen LogP contribution in [0.25, 0.3) is 0 Å². The van der Waals surface area contributed by atoms with Gasteiger partial charge in [0, 0.05) is 4.75 Å². The molecule has 0 aliphatic heterocycles. The van der Waals surface area contributed by atoms with Gasteiger partial charge in [0.25, 0.3) is 0 Å². The second kappa shape index (κ2) is 10.7. The molecule has 1 atom stereocenters. The van der Waals surface area contributed by atoms with Gasteiger partial charge in [0.2, 0.25) is 0 Å². The van der Waals surface area contributed by atoms with Crippen molar-refractivity contribution in [1.82, 2.24) is 0 Å². The van der Waals surface area contributed by atoms with Crippen LogP contribution in [0.3, 0.4) is 0 Å². The minimum absolute atomic E-state index is 0.00851. The van der Waals surface area contributed by atoms with Crippen LogP contribution in [0.15, 0.2) is 0 Å². The van der Waals surface area contributed by atoms with Gasteiger partial charge >= 0.3 is 17.9 Å². The summed E-state index contributed by atoms with van der Waals surface area (Å²) in [5.41, 5.74) is 3.75. The molecule has 1 saturated carbocycles. The molecule has 0 spiro atoms. The third-order valence-electron chi connectivity index (χ3n) is 5.26. The van der Waals surface area contributed by atoms with E-state index in [4.69, 9.17) is 32.6 Å². The third kappa shape index (κ3) is 6.35. The Kier molecular flexibility index (Phi) is 9.47. The lowest BCUT2D eigenvalue weighted by molar-refractivity contribution is -0.177. The molecular formula is C21H37NO6S. The fraction of sp³-hybridized carbons (Fsp3) is 0.857. The van der Waals surface area contributed by atoms with Crippen LogP contribution in [0.1, 0.15) is 79.6 Å². The van der Waals surface area contributed by atoms with Crippen molar-refractivity contribution in [2.24, 2.45) is 11.1 Å². The molecule has 1 unspecified atom stereocenters. The number of hydrogen-bond donors (Lipinski definition) is 2. The van der Waals surface area contributed by atoms with Crippen LogP contribution in [-0.2, 0) is 28.6 Å². The number of thiol groups is 1. The van der Waals surface area contributed by atoms with Gasteiger partial charge in [-0.05, 0) is 60.3 Å². The van der Waals surface area contributed by atoms with Crippen molar-refractivity contribution in [2.75, 3.05) is 13.2 Å². The molecule has 0 amide bonds. The normalized spacial score (nSPS) is 17.9. The van der Waals surface area contributed by atoms with Crippen LogP contribution < -0.4 is 5.73 Å². The number of rotatable bonds is 9. The molecule has 7 nitrogen and oxygen atoms in total. The number of carbonyl (C=O) groups is 3. The fourth-order valence-electron chi connectivity index (χ4n) is 3.84. The highest BCUT2D eigenvalue weighted by Gasteiger charge is 2.62. The zero-order chi connectivity index (χ0) is 22.3. The van der Waals surface area contributed by atoms with Crippen molar-refractivity contribution in [3.05, 3.63) is 0 Å². The average Bonchev–Trinajstić information content (AvgIpc) is 2.61. The Labute approximate surface area is 179 Å². The number of esters is 3. The Morgan fingerprint density at radius 1 is 1.00 bits per heavy atom. The molecule has 2 N–H and O–H groups in total. The predicted octanol–water partition coefficient (Wildman–Crippen LogP) is 3.18. The number of carbonyl (C=O) groups excluding carboxylic acids is 3. The van der Waals surface area contributed by atoms with E-state index < -0.39 is 39.7 Å². The van der Waals surface area contributed by atoms with Gasteiger partial charge in [0.1, 0.15) is 11.6 Å². The third-order valence-corrected chi connectivity index (χ3v) is 6.09. The molecule has 0 bridgehead atoms. The first kappa shape index (κ1) is 25.8. The lowest BCUT2D eigenvalue weighted by atomic mass is 9.65. The topological polar surface area (TPSA) is 105 Å². The maximum atomic E-state index is 13.2. The van der Waals surface area contributed by atoms with Gasteiger partial charge in [-0.25, -0.2) is 0 Å². The van der Waals surface area contributed by atoms with E-state index in [1.807, 2.05) is 0 Å². The van der Waals surface area contributed by atoms with E-state index in [9.17, 15) is 14.4 Å². The molecule has 0 heterocycles. The van der Waals surface area contributed by atoms with Crippen molar-refractivity contribution in [3.63, 3.8) is 0 Å². The maximum absolute atomic E-state index is 13.2. The Bertz CT molecular complexity index is 562. The van der Waals surface area contributed by atoms with Crippen LogP contribution in [-0.4, -0.2) is 47.5 Å². The lowest BCUT2D eigenvalue weighted by Gasteiger charge is -2.46. The molecule has 0 aromatic heterocycles. The first-order valence-corrected chi connectivity index (χ1v) is 10.9. The molecule has 1 aliphatic carbocycles. The molecule has 0 radical (unpaired) electrons. The molecule has 0 saturated heterocycles. The van der Waals surface area contributed by atoms with Gasteiger partial charge in [-0.15, -0.1) is 0 Å². The van der Waals surface area contributed by atoms with Crippen molar-refractivity contribution in [3.8, 4) is 0 Å². The second-order valence-electron chi connectivity index (χ2n) is 8.62. The predicted molar refractivity (Wildman–Crippen MR) is 114 cm³/mol. The summed E-state index contributed by atoms with van der Waals surface area (Å²) in [6.45, 7) is 8.89. The lowest BCUT2D eigenvalue weighted by Crippen LogP contribution is -2.58. The quantitative estimate of drug-likeness (QED) is 0.250. The van der Waals surface area contributed by atoms with Crippen molar-refractivity contribution in [2.45, 2.75) is 96.0 Å². The summed E-state index contributed by atoms with van der Waals surface area (Å²) in [5.74, 6) is -1.89. The Morgan fingerprint density at radius 3 is 1.90 bits per heavy atom. The van der Waals surface area contributed by atoms with E-state index in [1.54, 1.807) is 34.6 Å². The highest BCUT2D eigenvalue weighted by atomic mass is 32.1. The number of ether oxygens (including phenoxy) is 3. The summed E-state index contributed by atoms with van der Waals surface area (Å²) in [6, 6.07) is -0.974. The Morgan fingerprint density at radius 2 is 1.48 bits per heavy atom. The molecule has 0 aromatic carbocycles. The van der Waals surface area contributed by atoms with E-state index in [0.717, 1.165) is 19.3 Å². The van der Waals surface area contributed by atoms with E-state index in [0.29, 0.717) is 12.8 Å². The molecular weight excluding hydrogens is 394 g/mol. The van der Waals surface area contributed by atoms with Gasteiger partial charge in [0.15, 0.2) is 5.41 Å². The number of nitrogens with two attached hydrogens (primary N) is 1. The second-order valence-corrected chi connectivity index (χ2v) is 9.47. The summed E-state index contributed by atoms with van der Waals surface area (Å²) in [4.78, 5) is 38.7. The molecule has 0 aromatic rings. The molecule has 8 heteroatoms. The van der Waals surface area contributed by atoms with E-state index in [1.165, 1.54) is 0 Å². The zero-order valence-electron chi connectivity index (χ0n) is 18.4. The first-order chi connectivity index (χ1) is 13.4. The van der Waals surface area contributed by atoms with Gasteiger partial charge in [-0.1, -0.05) is 19.3 Å². The van der Waals surface area contributed by atoms with Crippen LogP contribution in [0.4, 0.5) is 0 Å². The molecule has 1 fully saturated rings. The summed E-state index contributed by atoms with van der Waals surface area (Å²) >= 11 is 4.86. The first-order valence-electron chi connectivity index (χ1n) is 10.5. The SMILES string of the molecule is CCOC(=O)C(CCC(N)C(=O)OC(C)(C)C)(C(=O)OCC)C1(S)CCCCC1. The van der Waals surface area contributed by atoms with Crippen molar-refractivity contribution in [1.29, 1.82) is 0 Å². The molecule has 1 aliphatic rings. The monoisotopic (exact) mass is 431 g/mol. The summed E-state index contributed by atoms with van der Waals surface area (Å²) in [7, 11) is 0. The van der Waals surface area contributed by atoms with Gasteiger partial charge in [-0.2, -0.15) is 12.6 Å². The summed E-state index contributed by atoms with van der Waals surface area (Å²) in [6.07, 6.45) is 3.96. The zero-order valence-corrected chi connectivity index (χ0v) is 19.3. The van der Waals surface area contributed by atoms with Crippen molar-refractivity contribution < 1.29 is 28.6 Å². The molecule has 168 valence electrons. The highest BCUT2D eigenvalue weighted by molar-refractivity contribution is 7.82. The summed E-state index contributed by atoms with van der Waals surface area (Å²) < 4.78 is 15.1. The largest absolute Gasteiger partial charge is 0.465 e. The van der Waals surface area contributed by atoms with Gasteiger partial charge in [0.05, 0.1) is 13.2 Å². The van der Waals surface area contributed by atoms with Crippen LogP contribution in [0, 0.1) is 5.41 Å². The van der Waals surface area contributed by atoms with Gasteiger partial charge < -0.3 is 19.9 Å². The van der Waals surface area contributed by atoms with Crippen LogP contribution in [0.5, 0.6) is 0 Å².